The van der Waals surface area contributed by atoms with Crippen molar-refractivity contribution in [3.63, 3.8) is 0 Å². The quantitative estimate of drug-likeness (QED) is 0.615. The molecule has 1 rings (SSSR count). The highest BCUT2D eigenvalue weighted by Gasteiger charge is 2.38. The van der Waals surface area contributed by atoms with Gasteiger partial charge < -0.3 is 19.3 Å². The van der Waals surface area contributed by atoms with Crippen molar-refractivity contribution in [3.8, 4) is 11.5 Å². The molecule has 0 amide bonds. The summed E-state index contributed by atoms with van der Waals surface area (Å²) in [5.74, 6) is 0.702. The van der Waals surface area contributed by atoms with E-state index in [1.807, 2.05) is 13.8 Å². The first-order valence-electron chi connectivity index (χ1n) is 6.69. The van der Waals surface area contributed by atoms with Gasteiger partial charge in [-0.2, -0.15) is 0 Å². The molecule has 0 saturated heterocycles. The Morgan fingerprint density at radius 1 is 1.20 bits per heavy atom. The molecule has 0 aromatic heterocycles. The minimum absolute atomic E-state index is 0.383. The lowest BCUT2D eigenvalue weighted by atomic mass is 9.97. The number of esters is 1. The number of rotatable bonds is 7. The minimum Gasteiger partial charge on any atom is -0.476 e. The summed E-state index contributed by atoms with van der Waals surface area (Å²) < 4.78 is 15.8. The fourth-order valence-electron chi connectivity index (χ4n) is 1.92. The average molecular weight is 282 g/mol. The topological polar surface area (TPSA) is 65.0 Å². The van der Waals surface area contributed by atoms with Crippen LogP contribution in [0.5, 0.6) is 11.5 Å². The molecule has 0 heterocycles. The Bertz CT molecular complexity index is 420. The third kappa shape index (κ3) is 3.87. The average Bonchev–Trinajstić information content (AvgIpc) is 2.45. The van der Waals surface area contributed by atoms with Gasteiger partial charge in [0.15, 0.2) is 6.29 Å². The van der Waals surface area contributed by atoms with E-state index in [4.69, 9.17) is 19.3 Å². The van der Waals surface area contributed by atoms with Crippen LogP contribution in [0, 0.1) is 0 Å². The second kappa shape index (κ2) is 7.14. The molecular formula is C15H22O5. The summed E-state index contributed by atoms with van der Waals surface area (Å²) in [6.45, 7) is 5.29. The van der Waals surface area contributed by atoms with E-state index < -0.39 is 11.9 Å². The molecule has 0 bridgehead atoms. The second-order valence-electron chi connectivity index (χ2n) is 4.48. The van der Waals surface area contributed by atoms with Crippen LogP contribution >= 0.6 is 0 Å². The van der Waals surface area contributed by atoms with Crippen molar-refractivity contribution in [2.45, 2.75) is 45.5 Å². The van der Waals surface area contributed by atoms with Crippen LogP contribution in [-0.2, 0) is 9.53 Å². The molecule has 1 aromatic rings. The molecule has 1 unspecified atom stereocenters. The highest BCUT2D eigenvalue weighted by Crippen LogP contribution is 2.27. The van der Waals surface area contributed by atoms with E-state index in [-0.39, 0.29) is 5.97 Å². The van der Waals surface area contributed by atoms with Gasteiger partial charge in [-0.25, -0.2) is 4.79 Å². The Kier molecular flexibility index (Phi) is 5.82. The van der Waals surface area contributed by atoms with E-state index in [0.717, 1.165) is 0 Å². The maximum absolute atomic E-state index is 11.9. The molecule has 1 N–H and O–H groups in total. The molecule has 0 aliphatic rings. The van der Waals surface area contributed by atoms with Crippen LogP contribution in [-0.4, -0.2) is 30.1 Å². The Labute approximate surface area is 119 Å². The fraction of sp³-hybridized carbons (Fsp3) is 0.533. The third-order valence-corrected chi connectivity index (χ3v) is 3.14. The number of aliphatic hydroxyl groups is 1. The van der Waals surface area contributed by atoms with Crippen LogP contribution in [0.15, 0.2) is 24.3 Å². The van der Waals surface area contributed by atoms with E-state index in [1.54, 1.807) is 24.3 Å². The lowest BCUT2D eigenvalue weighted by Gasteiger charge is -2.29. The molecule has 5 nitrogen and oxygen atoms in total. The first-order chi connectivity index (χ1) is 9.47. The second-order valence-corrected chi connectivity index (χ2v) is 4.48. The van der Waals surface area contributed by atoms with Crippen molar-refractivity contribution in [1.82, 2.24) is 0 Å². The van der Waals surface area contributed by atoms with Crippen LogP contribution in [0.1, 0.15) is 33.6 Å². The molecular weight excluding hydrogens is 260 g/mol. The van der Waals surface area contributed by atoms with Gasteiger partial charge in [-0.15, -0.1) is 0 Å². The highest BCUT2D eigenvalue weighted by atomic mass is 16.6. The highest BCUT2D eigenvalue weighted by molar-refractivity contribution is 5.79. The van der Waals surface area contributed by atoms with Crippen molar-refractivity contribution < 1.29 is 24.1 Å². The molecule has 0 radical (unpaired) electrons. The zero-order chi connectivity index (χ0) is 15.2. The molecule has 0 spiro atoms. The first-order valence-corrected chi connectivity index (χ1v) is 6.69. The Morgan fingerprint density at radius 3 is 2.10 bits per heavy atom. The van der Waals surface area contributed by atoms with Crippen molar-refractivity contribution in [2.24, 2.45) is 0 Å². The van der Waals surface area contributed by atoms with Gasteiger partial charge in [0.25, 0.3) is 0 Å². The maximum atomic E-state index is 11.9. The van der Waals surface area contributed by atoms with Crippen LogP contribution in [0.2, 0.25) is 0 Å². The molecule has 1 atom stereocenters. The number of ether oxygens (including phenoxy) is 3. The number of methoxy groups -OCH3 is 1. The molecule has 0 fully saturated rings. The van der Waals surface area contributed by atoms with E-state index in [0.29, 0.717) is 24.3 Å². The molecule has 0 aliphatic carbocycles. The molecule has 0 aliphatic heterocycles. The third-order valence-electron chi connectivity index (χ3n) is 3.14. The summed E-state index contributed by atoms with van der Waals surface area (Å²) >= 11 is 0. The molecule has 5 heteroatoms. The Balaban J connectivity index is 2.87. The van der Waals surface area contributed by atoms with Gasteiger partial charge in [-0.3, -0.25) is 0 Å². The molecule has 1 aromatic carbocycles. The van der Waals surface area contributed by atoms with Crippen molar-refractivity contribution >= 4 is 5.97 Å². The zero-order valence-corrected chi connectivity index (χ0v) is 12.4. The van der Waals surface area contributed by atoms with Crippen molar-refractivity contribution in [1.29, 1.82) is 0 Å². The number of hydrogen-bond acceptors (Lipinski definition) is 5. The lowest BCUT2D eigenvalue weighted by Crippen LogP contribution is -2.44. The summed E-state index contributed by atoms with van der Waals surface area (Å²) in [4.78, 5) is 11.9. The van der Waals surface area contributed by atoms with Gasteiger partial charge in [0.05, 0.1) is 7.11 Å². The summed E-state index contributed by atoms with van der Waals surface area (Å²) in [6, 6.07) is 6.74. The Morgan fingerprint density at radius 2 is 1.70 bits per heavy atom. The monoisotopic (exact) mass is 282 g/mol. The van der Waals surface area contributed by atoms with E-state index in [2.05, 4.69) is 0 Å². The number of carbonyl (C=O) groups is 1. The zero-order valence-electron chi connectivity index (χ0n) is 12.4. The van der Waals surface area contributed by atoms with E-state index in [9.17, 15) is 4.79 Å². The smallest absolute Gasteiger partial charge is 0.350 e. The van der Waals surface area contributed by atoms with Gasteiger partial charge >= 0.3 is 5.97 Å². The van der Waals surface area contributed by atoms with Gasteiger partial charge in [-0.05, 0) is 44.0 Å². The van der Waals surface area contributed by atoms with Crippen LogP contribution in [0.3, 0.4) is 0 Å². The summed E-state index contributed by atoms with van der Waals surface area (Å²) in [6.07, 6.45) is 0.159. The first kappa shape index (κ1) is 16.3. The van der Waals surface area contributed by atoms with E-state index in [1.165, 1.54) is 14.0 Å². The largest absolute Gasteiger partial charge is 0.476 e. The van der Waals surface area contributed by atoms with Crippen molar-refractivity contribution in [3.05, 3.63) is 24.3 Å². The minimum atomic E-state index is -0.971. The summed E-state index contributed by atoms with van der Waals surface area (Å²) in [5.41, 5.74) is -0.971. The van der Waals surface area contributed by atoms with Gasteiger partial charge in [-0.1, -0.05) is 13.8 Å². The van der Waals surface area contributed by atoms with E-state index >= 15 is 0 Å². The summed E-state index contributed by atoms with van der Waals surface area (Å²) in [7, 11) is 1.35. The van der Waals surface area contributed by atoms with Crippen LogP contribution < -0.4 is 9.47 Å². The van der Waals surface area contributed by atoms with Gasteiger partial charge in [0, 0.05) is 0 Å². The molecule has 20 heavy (non-hydrogen) atoms. The number of benzene rings is 1. The predicted molar refractivity (Wildman–Crippen MR) is 74.7 cm³/mol. The lowest BCUT2D eigenvalue weighted by molar-refractivity contribution is -0.159. The normalized spacial score (nSPS) is 12.7. The summed E-state index contributed by atoms with van der Waals surface area (Å²) in [5, 5.41) is 9.13. The van der Waals surface area contributed by atoms with Crippen LogP contribution in [0.25, 0.3) is 0 Å². The predicted octanol–water partition coefficient (Wildman–Crippen LogP) is 2.51. The SMILES string of the molecule is CCC(CC)(Oc1ccc(OC(C)O)cc1)C(=O)OC. The number of aliphatic hydroxyl groups excluding tert-OH is 1. The standard InChI is InChI=1S/C15H22O5/c1-5-15(6-2,14(17)18-4)20-13-9-7-12(8-10-13)19-11(3)16/h7-11,16H,5-6H2,1-4H3. The van der Waals surface area contributed by atoms with Crippen LogP contribution in [0.4, 0.5) is 0 Å². The maximum Gasteiger partial charge on any atom is 0.350 e. The molecule has 112 valence electrons. The number of hydrogen-bond donors (Lipinski definition) is 1. The fourth-order valence-corrected chi connectivity index (χ4v) is 1.92. The Hall–Kier alpha value is -1.75. The number of carbonyl (C=O) groups excluding carboxylic acids is 1. The van der Waals surface area contributed by atoms with Gasteiger partial charge in [0.2, 0.25) is 5.60 Å². The van der Waals surface area contributed by atoms with Gasteiger partial charge in [0.1, 0.15) is 11.5 Å². The van der Waals surface area contributed by atoms with Crippen molar-refractivity contribution in [2.75, 3.05) is 7.11 Å². The molecule has 0 saturated carbocycles.